The van der Waals surface area contributed by atoms with Gasteiger partial charge < -0.3 is 14.8 Å². The summed E-state index contributed by atoms with van der Waals surface area (Å²) in [7, 11) is 1.88. The number of aromatic nitrogens is 1. The monoisotopic (exact) mass is 381 g/mol. The van der Waals surface area contributed by atoms with E-state index >= 15 is 0 Å². The second-order valence-corrected chi connectivity index (χ2v) is 8.58. The largest absolute Gasteiger partial charge is 0.350 e. The molecule has 2 fully saturated rings. The Morgan fingerprint density at radius 2 is 1.89 bits per heavy atom. The summed E-state index contributed by atoms with van der Waals surface area (Å²) in [5.41, 5.74) is 0.909. The van der Waals surface area contributed by atoms with Crippen LogP contribution in [0, 0.1) is 5.92 Å². The summed E-state index contributed by atoms with van der Waals surface area (Å²) in [6.07, 6.45) is 10.6. The van der Waals surface area contributed by atoms with E-state index in [1.807, 2.05) is 29.8 Å². The van der Waals surface area contributed by atoms with E-state index in [0.29, 0.717) is 5.39 Å². The number of rotatable bonds is 4. The molecular formula is C23H31N3O2. The van der Waals surface area contributed by atoms with Crippen molar-refractivity contribution in [1.82, 2.24) is 14.8 Å². The predicted octanol–water partition coefficient (Wildman–Crippen LogP) is 3.31. The van der Waals surface area contributed by atoms with Gasteiger partial charge in [0.1, 0.15) is 5.56 Å². The Bertz CT molecular complexity index is 898. The number of hydrogen-bond acceptors (Lipinski definition) is 3. The highest BCUT2D eigenvalue weighted by atomic mass is 16.2. The predicted molar refractivity (Wildman–Crippen MR) is 113 cm³/mol. The van der Waals surface area contributed by atoms with E-state index in [1.165, 1.54) is 32.1 Å². The fourth-order valence-corrected chi connectivity index (χ4v) is 4.94. The smallest absolute Gasteiger partial charge is 0.257 e. The SMILES string of the molecule is Cn1cc(C(=O)N[C@H]2CCCN(CC3CCCCC3)C2)c(=O)c2ccccc21. The zero-order valence-corrected chi connectivity index (χ0v) is 16.8. The Kier molecular flexibility index (Phi) is 5.81. The second-order valence-electron chi connectivity index (χ2n) is 8.58. The zero-order valence-electron chi connectivity index (χ0n) is 16.8. The van der Waals surface area contributed by atoms with Crippen LogP contribution in [-0.2, 0) is 7.05 Å². The van der Waals surface area contributed by atoms with Crippen LogP contribution in [0.5, 0.6) is 0 Å². The van der Waals surface area contributed by atoms with Crippen molar-refractivity contribution < 1.29 is 4.79 Å². The number of hydrogen-bond donors (Lipinski definition) is 1. The maximum absolute atomic E-state index is 12.9. The van der Waals surface area contributed by atoms with Crippen LogP contribution in [0.3, 0.4) is 0 Å². The summed E-state index contributed by atoms with van der Waals surface area (Å²) in [5.74, 6) is 0.576. The molecule has 2 aromatic rings. The highest BCUT2D eigenvalue weighted by Crippen LogP contribution is 2.25. The van der Waals surface area contributed by atoms with Crippen molar-refractivity contribution in [3.05, 3.63) is 46.2 Å². The molecule has 1 aliphatic carbocycles. The van der Waals surface area contributed by atoms with Crippen molar-refractivity contribution in [3.63, 3.8) is 0 Å². The van der Waals surface area contributed by atoms with E-state index in [-0.39, 0.29) is 22.9 Å². The minimum Gasteiger partial charge on any atom is -0.350 e. The van der Waals surface area contributed by atoms with Crippen molar-refractivity contribution in [2.75, 3.05) is 19.6 Å². The lowest BCUT2D eigenvalue weighted by molar-refractivity contribution is 0.0888. The van der Waals surface area contributed by atoms with Crippen molar-refractivity contribution in [2.45, 2.75) is 51.0 Å². The summed E-state index contributed by atoms with van der Waals surface area (Å²) in [4.78, 5) is 28.2. The maximum atomic E-state index is 12.9. The number of nitrogens with one attached hydrogen (secondary N) is 1. The molecular weight excluding hydrogens is 350 g/mol. The standard InChI is InChI=1S/C23H31N3O2/c1-25-16-20(22(27)19-11-5-6-12-21(19)25)23(28)24-18-10-7-13-26(15-18)14-17-8-3-2-4-9-17/h5-6,11-12,16-18H,2-4,7-10,13-15H2,1H3,(H,24,28)/t18-/m0/s1. The third-order valence-corrected chi connectivity index (χ3v) is 6.42. The number of carbonyl (C=O) groups is 1. The van der Waals surface area contributed by atoms with Gasteiger partial charge in [-0.1, -0.05) is 31.4 Å². The summed E-state index contributed by atoms with van der Waals surface area (Å²) in [6.45, 7) is 3.18. The first kappa shape index (κ1) is 19.2. The van der Waals surface area contributed by atoms with Crippen LogP contribution in [-0.4, -0.2) is 41.1 Å². The molecule has 1 saturated carbocycles. The highest BCUT2D eigenvalue weighted by Gasteiger charge is 2.25. The van der Waals surface area contributed by atoms with Gasteiger partial charge in [0.2, 0.25) is 5.43 Å². The van der Waals surface area contributed by atoms with Gasteiger partial charge in [-0.05, 0) is 50.3 Å². The molecule has 1 saturated heterocycles. The number of likely N-dealkylation sites (tertiary alicyclic amines) is 1. The molecule has 28 heavy (non-hydrogen) atoms. The Morgan fingerprint density at radius 3 is 2.71 bits per heavy atom. The molecule has 1 N–H and O–H groups in total. The molecule has 0 bridgehead atoms. The summed E-state index contributed by atoms with van der Waals surface area (Å²) >= 11 is 0. The number of pyridine rings is 1. The molecule has 1 aromatic heterocycles. The van der Waals surface area contributed by atoms with Gasteiger partial charge in [0.05, 0.1) is 5.52 Å². The first-order chi connectivity index (χ1) is 13.6. The molecule has 0 radical (unpaired) electrons. The molecule has 5 heteroatoms. The lowest BCUT2D eigenvalue weighted by Gasteiger charge is -2.36. The molecule has 0 unspecified atom stereocenters. The van der Waals surface area contributed by atoms with E-state index in [0.717, 1.165) is 43.9 Å². The summed E-state index contributed by atoms with van der Waals surface area (Å²) in [6, 6.07) is 7.57. The minimum absolute atomic E-state index is 0.126. The van der Waals surface area contributed by atoms with Crippen molar-refractivity contribution >= 4 is 16.8 Å². The van der Waals surface area contributed by atoms with Crippen LogP contribution in [0.15, 0.2) is 35.3 Å². The van der Waals surface area contributed by atoms with Crippen LogP contribution < -0.4 is 10.7 Å². The lowest BCUT2D eigenvalue weighted by Crippen LogP contribution is -2.49. The van der Waals surface area contributed by atoms with Crippen molar-refractivity contribution in [2.24, 2.45) is 13.0 Å². The van der Waals surface area contributed by atoms with E-state index < -0.39 is 0 Å². The minimum atomic E-state index is -0.240. The van der Waals surface area contributed by atoms with Crippen LogP contribution >= 0.6 is 0 Å². The number of nitrogens with zero attached hydrogens (tertiary/aromatic N) is 2. The Labute approximate surface area is 166 Å². The molecule has 1 aromatic carbocycles. The van der Waals surface area contributed by atoms with Gasteiger partial charge in [-0.15, -0.1) is 0 Å². The normalized spacial score (nSPS) is 21.7. The summed E-state index contributed by atoms with van der Waals surface area (Å²) < 4.78 is 1.86. The summed E-state index contributed by atoms with van der Waals surface area (Å²) in [5, 5.41) is 3.74. The highest BCUT2D eigenvalue weighted by molar-refractivity contribution is 5.97. The number of piperidine rings is 1. The maximum Gasteiger partial charge on any atom is 0.257 e. The van der Waals surface area contributed by atoms with Gasteiger partial charge >= 0.3 is 0 Å². The molecule has 4 rings (SSSR count). The Hall–Kier alpha value is -2.14. The van der Waals surface area contributed by atoms with Gasteiger partial charge in [-0.25, -0.2) is 0 Å². The average molecular weight is 382 g/mol. The van der Waals surface area contributed by atoms with Gasteiger partial charge in [-0.2, -0.15) is 0 Å². The molecule has 0 spiro atoms. The number of para-hydroxylation sites is 1. The molecule has 2 heterocycles. The zero-order chi connectivity index (χ0) is 19.5. The van der Waals surface area contributed by atoms with E-state index in [4.69, 9.17) is 0 Å². The van der Waals surface area contributed by atoms with E-state index in [1.54, 1.807) is 12.3 Å². The Balaban J connectivity index is 1.44. The van der Waals surface area contributed by atoms with Crippen LogP contribution in [0.2, 0.25) is 0 Å². The molecule has 1 amide bonds. The molecule has 5 nitrogen and oxygen atoms in total. The number of benzene rings is 1. The van der Waals surface area contributed by atoms with Crippen molar-refractivity contribution in [3.8, 4) is 0 Å². The second kappa shape index (κ2) is 8.48. The fraction of sp³-hybridized carbons (Fsp3) is 0.565. The third kappa shape index (κ3) is 4.14. The molecule has 1 atom stereocenters. The lowest BCUT2D eigenvalue weighted by atomic mass is 9.88. The number of carbonyl (C=O) groups excluding carboxylic acids is 1. The number of aryl methyl sites for hydroxylation is 1. The third-order valence-electron chi connectivity index (χ3n) is 6.42. The van der Waals surface area contributed by atoms with Gasteiger partial charge in [0.15, 0.2) is 0 Å². The van der Waals surface area contributed by atoms with Gasteiger partial charge in [0, 0.05) is 37.8 Å². The number of fused-ring (bicyclic) bond motifs is 1. The van der Waals surface area contributed by atoms with E-state index in [9.17, 15) is 9.59 Å². The average Bonchev–Trinajstić information content (AvgIpc) is 2.72. The van der Waals surface area contributed by atoms with Crippen molar-refractivity contribution in [1.29, 1.82) is 0 Å². The Morgan fingerprint density at radius 1 is 1.11 bits per heavy atom. The van der Waals surface area contributed by atoms with Crippen LogP contribution in [0.4, 0.5) is 0 Å². The van der Waals surface area contributed by atoms with Gasteiger partial charge in [0.25, 0.3) is 5.91 Å². The van der Waals surface area contributed by atoms with Crippen LogP contribution in [0.25, 0.3) is 10.9 Å². The van der Waals surface area contributed by atoms with Gasteiger partial charge in [-0.3, -0.25) is 9.59 Å². The molecule has 150 valence electrons. The first-order valence-electron chi connectivity index (χ1n) is 10.7. The quantitative estimate of drug-likeness (QED) is 0.884. The fourth-order valence-electron chi connectivity index (χ4n) is 4.94. The molecule has 2 aliphatic rings. The topological polar surface area (TPSA) is 54.3 Å². The van der Waals surface area contributed by atoms with E-state index in [2.05, 4.69) is 10.2 Å². The first-order valence-corrected chi connectivity index (χ1v) is 10.7. The number of amides is 1. The molecule has 1 aliphatic heterocycles. The van der Waals surface area contributed by atoms with Crippen LogP contribution in [0.1, 0.15) is 55.3 Å².